The largest absolute Gasteiger partial charge is 0.416 e. The number of benzene rings is 1. The second-order valence-electron chi connectivity index (χ2n) is 7.72. The van der Waals surface area contributed by atoms with E-state index in [0.29, 0.717) is 12.5 Å². The van der Waals surface area contributed by atoms with Crippen molar-refractivity contribution in [3.63, 3.8) is 0 Å². The summed E-state index contributed by atoms with van der Waals surface area (Å²) in [6.07, 6.45) is -0.452. The molecule has 1 atom stereocenters. The molecule has 4 nitrogen and oxygen atoms in total. The van der Waals surface area contributed by atoms with Crippen LogP contribution >= 0.6 is 24.0 Å². The third-order valence-corrected chi connectivity index (χ3v) is 5.83. The molecule has 8 heteroatoms. The lowest BCUT2D eigenvalue weighted by atomic mass is 9.64. The van der Waals surface area contributed by atoms with Crippen molar-refractivity contribution in [3.05, 3.63) is 35.4 Å². The standard InChI is InChI=1S/C20H28F3N3O.HI/c1-24-18(26(2)12-15-7-10-27-13-15)25-14-19(8-4-9-19)16-5-3-6-17(11-16)20(21,22)23;/h3,5-6,11,15H,4,7-10,12-14H2,1-2H3,(H,24,25);1H. The predicted molar refractivity (Wildman–Crippen MR) is 115 cm³/mol. The monoisotopic (exact) mass is 511 g/mol. The second-order valence-corrected chi connectivity index (χ2v) is 7.72. The Hall–Kier alpha value is -1.03. The van der Waals surface area contributed by atoms with Crippen LogP contribution < -0.4 is 5.32 Å². The van der Waals surface area contributed by atoms with Crippen LogP contribution in [0.4, 0.5) is 13.2 Å². The average molecular weight is 511 g/mol. The molecule has 0 aromatic heterocycles. The fourth-order valence-corrected chi connectivity index (χ4v) is 4.03. The first-order chi connectivity index (χ1) is 12.8. The van der Waals surface area contributed by atoms with E-state index >= 15 is 0 Å². The highest BCUT2D eigenvalue weighted by Crippen LogP contribution is 2.44. The van der Waals surface area contributed by atoms with Crippen molar-refractivity contribution in [2.75, 3.05) is 40.4 Å². The minimum absolute atomic E-state index is 0. The molecule has 1 N–H and O–H groups in total. The van der Waals surface area contributed by atoms with Gasteiger partial charge < -0.3 is 15.0 Å². The third-order valence-electron chi connectivity index (χ3n) is 5.83. The van der Waals surface area contributed by atoms with Gasteiger partial charge in [-0.1, -0.05) is 24.6 Å². The molecule has 158 valence electrons. The van der Waals surface area contributed by atoms with Gasteiger partial charge in [0.1, 0.15) is 0 Å². The predicted octanol–water partition coefficient (Wildman–Crippen LogP) is 4.29. The molecule has 1 saturated carbocycles. The molecule has 1 aromatic carbocycles. The number of hydrogen-bond donors (Lipinski definition) is 1. The molecule has 1 unspecified atom stereocenters. The molecule has 2 aliphatic rings. The molecule has 1 heterocycles. The van der Waals surface area contributed by atoms with Gasteiger partial charge in [-0.3, -0.25) is 4.99 Å². The molecule has 2 fully saturated rings. The smallest absolute Gasteiger partial charge is 0.381 e. The Labute approximate surface area is 181 Å². The SMILES string of the molecule is CN=C(NCC1(c2cccc(C(F)(F)F)c2)CCC1)N(C)CC1CCOC1.I. The average Bonchev–Trinajstić information content (AvgIpc) is 3.09. The van der Waals surface area contributed by atoms with Crippen molar-refractivity contribution in [3.8, 4) is 0 Å². The molecule has 0 amide bonds. The van der Waals surface area contributed by atoms with Crippen LogP contribution in [0.3, 0.4) is 0 Å². The topological polar surface area (TPSA) is 36.9 Å². The lowest BCUT2D eigenvalue weighted by molar-refractivity contribution is -0.137. The van der Waals surface area contributed by atoms with Crippen molar-refractivity contribution in [1.29, 1.82) is 0 Å². The summed E-state index contributed by atoms with van der Waals surface area (Å²) >= 11 is 0. The van der Waals surface area contributed by atoms with E-state index in [-0.39, 0.29) is 29.4 Å². The fraction of sp³-hybridized carbons (Fsp3) is 0.650. The second kappa shape index (κ2) is 9.65. The number of halogens is 4. The normalized spacial score (nSPS) is 21.6. The van der Waals surface area contributed by atoms with Crippen molar-refractivity contribution in [1.82, 2.24) is 10.2 Å². The highest BCUT2D eigenvalue weighted by Gasteiger charge is 2.40. The molecular weight excluding hydrogens is 482 g/mol. The number of alkyl halides is 3. The molecule has 0 bridgehead atoms. The van der Waals surface area contributed by atoms with Gasteiger partial charge in [-0.2, -0.15) is 13.2 Å². The molecule has 1 aliphatic carbocycles. The number of ether oxygens (including phenoxy) is 1. The summed E-state index contributed by atoms with van der Waals surface area (Å²) in [6.45, 7) is 3.03. The number of aliphatic imine (C=N–C) groups is 1. The summed E-state index contributed by atoms with van der Waals surface area (Å²) < 4.78 is 44.7. The summed E-state index contributed by atoms with van der Waals surface area (Å²) in [7, 11) is 3.73. The van der Waals surface area contributed by atoms with Crippen molar-refractivity contribution in [2.45, 2.75) is 37.3 Å². The van der Waals surface area contributed by atoms with E-state index < -0.39 is 11.7 Å². The third kappa shape index (κ3) is 5.31. The molecule has 1 saturated heterocycles. The van der Waals surface area contributed by atoms with Gasteiger partial charge in [0.15, 0.2) is 5.96 Å². The van der Waals surface area contributed by atoms with E-state index in [4.69, 9.17) is 4.74 Å². The van der Waals surface area contributed by atoms with Crippen molar-refractivity contribution in [2.24, 2.45) is 10.9 Å². The van der Waals surface area contributed by atoms with Crippen LogP contribution in [-0.4, -0.2) is 51.3 Å². The van der Waals surface area contributed by atoms with Gasteiger partial charge in [-0.15, -0.1) is 24.0 Å². The zero-order valence-electron chi connectivity index (χ0n) is 16.4. The summed E-state index contributed by atoms with van der Waals surface area (Å²) in [6, 6.07) is 5.78. The number of rotatable bonds is 5. The Kier molecular flexibility index (Phi) is 8.01. The number of nitrogens with one attached hydrogen (secondary N) is 1. The van der Waals surface area contributed by atoms with Gasteiger partial charge in [-0.25, -0.2) is 0 Å². The Bertz CT molecular complexity index is 671. The van der Waals surface area contributed by atoms with Gasteiger partial charge in [-0.05, 0) is 30.9 Å². The maximum atomic E-state index is 13.1. The Morgan fingerprint density at radius 1 is 1.36 bits per heavy atom. The molecular formula is C20H29F3IN3O. The lowest BCUT2D eigenvalue weighted by Gasteiger charge is -2.43. The van der Waals surface area contributed by atoms with Crippen LogP contribution in [-0.2, 0) is 16.3 Å². The van der Waals surface area contributed by atoms with Crippen LogP contribution in [0.15, 0.2) is 29.3 Å². The van der Waals surface area contributed by atoms with Gasteiger partial charge in [0.25, 0.3) is 0 Å². The van der Waals surface area contributed by atoms with E-state index in [1.165, 1.54) is 12.1 Å². The number of hydrogen-bond acceptors (Lipinski definition) is 2. The van der Waals surface area contributed by atoms with Crippen LogP contribution in [0.2, 0.25) is 0 Å². The van der Waals surface area contributed by atoms with Gasteiger partial charge >= 0.3 is 6.18 Å². The summed E-state index contributed by atoms with van der Waals surface area (Å²) in [4.78, 5) is 6.43. The van der Waals surface area contributed by atoms with Crippen LogP contribution in [0, 0.1) is 5.92 Å². The van der Waals surface area contributed by atoms with E-state index in [2.05, 4.69) is 15.2 Å². The molecule has 1 aliphatic heterocycles. The van der Waals surface area contributed by atoms with E-state index in [9.17, 15) is 13.2 Å². The summed E-state index contributed by atoms with van der Waals surface area (Å²) in [5.41, 5.74) is -0.0681. The highest BCUT2D eigenvalue weighted by atomic mass is 127. The Balaban J connectivity index is 0.00000280. The Morgan fingerprint density at radius 2 is 2.11 bits per heavy atom. The molecule has 0 radical (unpaired) electrons. The van der Waals surface area contributed by atoms with Crippen LogP contribution in [0.25, 0.3) is 0 Å². The maximum absolute atomic E-state index is 13.1. The molecule has 0 spiro atoms. The summed E-state index contributed by atoms with van der Waals surface area (Å²) in [5.74, 6) is 1.27. The van der Waals surface area contributed by atoms with Crippen LogP contribution in [0.5, 0.6) is 0 Å². The highest BCUT2D eigenvalue weighted by molar-refractivity contribution is 14.0. The minimum Gasteiger partial charge on any atom is -0.381 e. The van der Waals surface area contributed by atoms with E-state index in [0.717, 1.165) is 63.0 Å². The molecule has 28 heavy (non-hydrogen) atoms. The van der Waals surface area contributed by atoms with Gasteiger partial charge in [0, 0.05) is 45.1 Å². The van der Waals surface area contributed by atoms with E-state index in [1.54, 1.807) is 7.05 Å². The van der Waals surface area contributed by atoms with Gasteiger partial charge in [0.2, 0.25) is 0 Å². The number of nitrogens with zero attached hydrogens (tertiary/aromatic N) is 2. The Morgan fingerprint density at radius 3 is 2.64 bits per heavy atom. The van der Waals surface area contributed by atoms with E-state index in [1.807, 2.05) is 13.1 Å². The van der Waals surface area contributed by atoms with Gasteiger partial charge in [0.05, 0.1) is 12.2 Å². The summed E-state index contributed by atoms with van der Waals surface area (Å²) in [5, 5.41) is 3.40. The first-order valence-electron chi connectivity index (χ1n) is 9.51. The van der Waals surface area contributed by atoms with Crippen LogP contribution in [0.1, 0.15) is 36.8 Å². The van der Waals surface area contributed by atoms with Crippen molar-refractivity contribution >= 4 is 29.9 Å². The lowest BCUT2D eigenvalue weighted by Crippen LogP contribution is -2.50. The maximum Gasteiger partial charge on any atom is 0.416 e. The van der Waals surface area contributed by atoms with Crippen molar-refractivity contribution < 1.29 is 17.9 Å². The minimum atomic E-state index is -4.31. The zero-order valence-corrected chi connectivity index (χ0v) is 18.7. The first-order valence-corrected chi connectivity index (χ1v) is 9.51. The quantitative estimate of drug-likeness (QED) is 0.364. The number of guanidine groups is 1. The zero-order chi connectivity index (χ0) is 19.5. The molecule has 1 aromatic rings. The fourth-order valence-electron chi connectivity index (χ4n) is 4.03. The molecule has 3 rings (SSSR count). The first kappa shape index (κ1) is 23.3.